The Labute approximate surface area is 306 Å². The van der Waals surface area contributed by atoms with Gasteiger partial charge in [0.1, 0.15) is 29.6 Å². The second kappa shape index (κ2) is 15.7. The van der Waals surface area contributed by atoms with Crippen LogP contribution in [0.1, 0.15) is 78.4 Å². The zero-order chi connectivity index (χ0) is 37.3. The molecule has 3 amide bonds. The van der Waals surface area contributed by atoms with Gasteiger partial charge in [0.05, 0.1) is 23.2 Å². The number of rotatable bonds is 6. The average Bonchev–Trinajstić information content (AvgIpc) is 3.74. The zero-order valence-electron chi connectivity index (χ0n) is 30.5. The number of benzene rings is 1. The maximum atomic E-state index is 14.0. The number of thiol groups is 1. The maximum Gasteiger partial charge on any atom is 0.409 e. The van der Waals surface area contributed by atoms with Crippen molar-refractivity contribution in [3.05, 3.63) is 52.1 Å². The number of hydrogen-bond acceptors (Lipinski definition) is 9. The molecule has 4 unspecified atom stereocenters. The van der Waals surface area contributed by atoms with Gasteiger partial charge in [0, 0.05) is 38.8 Å². The predicted molar refractivity (Wildman–Crippen MR) is 195 cm³/mol. The molecular weight excluding hydrogens is 682 g/mol. The summed E-state index contributed by atoms with van der Waals surface area (Å²) in [4.78, 5) is 56.1. The van der Waals surface area contributed by atoms with Gasteiger partial charge in [-0.05, 0) is 63.0 Å². The van der Waals surface area contributed by atoms with Crippen LogP contribution in [0.4, 0.5) is 10.5 Å². The number of hydrogen-bond donors (Lipinski definition) is 3. The number of carbonyl (C=O) groups is 4. The summed E-state index contributed by atoms with van der Waals surface area (Å²) in [6.45, 7) is 12.7. The van der Waals surface area contributed by atoms with Crippen LogP contribution < -0.4 is 10.2 Å². The second-order valence-corrected chi connectivity index (χ2v) is 15.8. The van der Waals surface area contributed by atoms with Gasteiger partial charge in [-0.2, -0.15) is 12.6 Å². The number of anilines is 1. The molecule has 0 radical (unpaired) electrons. The van der Waals surface area contributed by atoms with E-state index < -0.39 is 59.6 Å². The molecule has 3 aliphatic rings. The number of carbonyl (C=O) groups excluding carboxylic acids is 4. The summed E-state index contributed by atoms with van der Waals surface area (Å²) in [7, 11) is 3.17. The van der Waals surface area contributed by atoms with Crippen molar-refractivity contribution in [3.63, 3.8) is 0 Å². The fraction of sp³-hybridized carbons (Fsp3) is 0.622. The number of allylic oxidation sites excluding steroid dienone is 3. The molecule has 1 aromatic rings. The van der Waals surface area contributed by atoms with E-state index in [2.05, 4.69) is 17.9 Å². The van der Waals surface area contributed by atoms with Crippen LogP contribution in [0.2, 0.25) is 5.02 Å². The van der Waals surface area contributed by atoms with E-state index in [9.17, 15) is 24.3 Å². The van der Waals surface area contributed by atoms with Crippen molar-refractivity contribution in [2.24, 2.45) is 11.8 Å². The minimum Gasteiger partial charge on any atom is -0.457 e. The van der Waals surface area contributed by atoms with Crippen molar-refractivity contribution in [2.45, 2.75) is 121 Å². The lowest BCUT2D eigenvalue weighted by Gasteiger charge is -2.41. The van der Waals surface area contributed by atoms with Gasteiger partial charge in [0.15, 0.2) is 0 Å². The summed E-state index contributed by atoms with van der Waals surface area (Å²) < 4.78 is 18.0. The molecule has 0 aromatic heterocycles. The van der Waals surface area contributed by atoms with Crippen LogP contribution in [0.15, 0.2) is 35.9 Å². The average molecular weight is 734 g/mol. The minimum atomic E-state index is -1.59. The Bertz CT molecular complexity index is 1550. The van der Waals surface area contributed by atoms with E-state index in [1.807, 2.05) is 65.0 Å². The molecule has 50 heavy (non-hydrogen) atoms. The van der Waals surface area contributed by atoms with Crippen molar-refractivity contribution in [1.82, 2.24) is 10.2 Å². The molecular formula is C37H52ClN3O8S. The van der Waals surface area contributed by atoms with Crippen LogP contribution in [-0.4, -0.2) is 88.9 Å². The van der Waals surface area contributed by atoms with E-state index in [0.717, 1.165) is 16.7 Å². The van der Waals surface area contributed by atoms with E-state index in [-0.39, 0.29) is 36.3 Å². The summed E-state index contributed by atoms with van der Waals surface area (Å²) in [5, 5.41) is 14.7. The third-order valence-corrected chi connectivity index (χ3v) is 11.2. The standard InChI is InChI=1S/C37H52ClN3O8S/c1-20-11-10-12-22(3)37(46)19-28(47-35(45)39-37)24(5)33-36(7,49-33)29(48-34(44)25(6)40(8)30(42)14-13-23(4)50)18-31(43)41(9)27-17-26(15-20)16-21(2)32(27)38/h10-12,16-17,22-25,28-29,33,46,50H,13-15,18-19H2,1-9H3,(H,39,45)/b12-10+,20-11+/t22-,23?,24-,25+,28?,29+,33?,36?,37+/m1/s1. The highest BCUT2D eigenvalue weighted by atomic mass is 35.5. The minimum absolute atomic E-state index is 0.0218. The molecule has 4 rings (SSSR count). The third-order valence-electron chi connectivity index (χ3n) is 10.4. The van der Waals surface area contributed by atoms with Crippen molar-refractivity contribution in [1.29, 1.82) is 0 Å². The lowest BCUT2D eigenvalue weighted by atomic mass is 9.82. The Morgan fingerprint density at radius 1 is 1.24 bits per heavy atom. The van der Waals surface area contributed by atoms with Crippen molar-refractivity contribution in [2.75, 3.05) is 19.0 Å². The number of nitrogens with one attached hydrogen (secondary N) is 1. The topological polar surface area (TPSA) is 138 Å². The molecule has 3 aliphatic heterocycles. The Kier molecular flexibility index (Phi) is 12.5. The number of halogens is 1. The molecule has 4 bridgehead atoms. The smallest absolute Gasteiger partial charge is 0.409 e. The SMILES string of the molecule is C/C1=C\C=C\[C@@H](C)[C@@]2(O)CC(OC(=O)N2)[C@@H](C)C2OC2(C)[C@@H](OC(=O)[C@H](C)N(C)C(=O)CCC(C)S)CC(=O)N(C)c2cc(cc(C)c2Cl)C1. The highest BCUT2D eigenvalue weighted by Gasteiger charge is 2.64. The normalized spacial score (nSPS) is 33.1. The summed E-state index contributed by atoms with van der Waals surface area (Å²) in [5.74, 6) is -2.21. The first kappa shape index (κ1) is 39.7. The number of aryl methyl sites for hydroxylation is 1. The Hall–Kier alpha value is -3.06. The van der Waals surface area contributed by atoms with E-state index in [0.29, 0.717) is 23.6 Å². The predicted octanol–water partition coefficient (Wildman–Crippen LogP) is 5.53. The summed E-state index contributed by atoms with van der Waals surface area (Å²) in [6.07, 6.45) is 3.64. The van der Waals surface area contributed by atoms with Gasteiger partial charge < -0.3 is 29.1 Å². The number of ether oxygens (including phenoxy) is 3. The van der Waals surface area contributed by atoms with E-state index in [4.69, 9.17) is 25.8 Å². The molecule has 276 valence electrons. The van der Waals surface area contributed by atoms with Gasteiger partial charge in [0.2, 0.25) is 11.8 Å². The first-order valence-electron chi connectivity index (χ1n) is 17.2. The van der Waals surface area contributed by atoms with Gasteiger partial charge in [-0.15, -0.1) is 0 Å². The molecule has 11 nitrogen and oxygen atoms in total. The van der Waals surface area contributed by atoms with Crippen LogP contribution in [0.3, 0.4) is 0 Å². The number of esters is 1. The number of nitrogens with zero attached hydrogens (tertiary/aromatic N) is 2. The molecule has 0 saturated carbocycles. The molecule has 2 N–H and O–H groups in total. The van der Waals surface area contributed by atoms with Crippen LogP contribution in [-0.2, 0) is 35.0 Å². The van der Waals surface area contributed by atoms with Crippen molar-refractivity contribution >= 4 is 53.8 Å². The number of alkyl carbamates (subject to hydrolysis) is 1. The Morgan fingerprint density at radius 3 is 2.58 bits per heavy atom. The lowest BCUT2D eigenvalue weighted by molar-refractivity contribution is -0.162. The highest BCUT2D eigenvalue weighted by molar-refractivity contribution is 7.80. The second-order valence-electron chi connectivity index (χ2n) is 14.5. The van der Waals surface area contributed by atoms with Crippen LogP contribution in [0, 0.1) is 18.8 Å². The van der Waals surface area contributed by atoms with Crippen LogP contribution in [0.25, 0.3) is 0 Å². The largest absolute Gasteiger partial charge is 0.457 e. The third kappa shape index (κ3) is 8.86. The fourth-order valence-corrected chi connectivity index (χ4v) is 7.03. The Morgan fingerprint density at radius 2 is 1.92 bits per heavy atom. The van der Waals surface area contributed by atoms with E-state index in [1.165, 1.54) is 9.80 Å². The molecule has 9 atom stereocenters. The molecule has 2 saturated heterocycles. The van der Waals surface area contributed by atoms with Gasteiger partial charge >= 0.3 is 12.1 Å². The highest BCUT2D eigenvalue weighted by Crippen LogP contribution is 2.49. The van der Waals surface area contributed by atoms with E-state index >= 15 is 0 Å². The van der Waals surface area contributed by atoms with Gasteiger partial charge in [-0.25, -0.2) is 9.59 Å². The molecule has 1 aromatic carbocycles. The molecule has 0 spiro atoms. The number of aliphatic hydroxyl groups is 1. The quantitative estimate of drug-likeness (QED) is 0.197. The lowest BCUT2D eigenvalue weighted by Crippen LogP contribution is -2.60. The molecule has 13 heteroatoms. The van der Waals surface area contributed by atoms with Gasteiger partial charge in [-0.1, -0.05) is 62.2 Å². The molecule has 3 heterocycles. The van der Waals surface area contributed by atoms with Crippen LogP contribution in [0.5, 0.6) is 0 Å². The fourth-order valence-electron chi connectivity index (χ4n) is 6.67. The van der Waals surface area contributed by atoms with Crippen LogP contribution >= 0.6 is 24.2 Å². The summed E-state index contributed by atoms with van der Waals surface area (Å²) >= 11 is 11.1. The van der Waals surface area contributed by atoms with Gasteiger partial charge in [-0.3, -0.25) is 14.9 Å². The van der Waals surface area contributed by atoms with Crippen molar-refractivity contribution in [3.8, 4) is 0 Å². The summed E-state index contributed by atoms with van der Waals surface area (Å²) in [5.41, 5.74) is 0.542. The maximum absolute atomic E-state index is 14.0. The van der Waals surface area contributed by atoms with Gasteiger partial charge in [0.25, 0.3) is 0 Å². The number of epoxide rings is 1. The van der Waals surface area contributed by atoms with E-state index in [1.54, 1.807) is 27.9 Å². The van der Waals surface area contributed by atoms with Crippen molar-refractivity contribution < 1.29 is 38.5 Å². The molecule has 0 aliphatic carbocycles. The number of amides is 3. The first-order valence-corrected chi connectivity index (χ1v) is 18.1. The summed E-state index contributed by atoms with van der Waals surface area (Å²) in [6, 6.07) is 2.91. The molecule has 2 fully saturated rings. The monoisotopic (exact) mass is 733 g/mol. The zero-order valence-corrected chi connectivity index (χ0v) is 32.1. The first-order chi connectivity index (χ1) is 23.3. The Balaban J connectivity index is 1.72. The number of likely N-dealkylation sites (N-methyl/N-ethyl adjacent to an activating group) is 1. The number of fused-ring (bicyclic) bond motifs is 5.